The number of terminal acetylenes is 1. The number of rotatable bonds is 1. The van der Waals surface area contributed by atoms with Gasteiger partial charge < -0.3 is 10.2 Å². The molecule has 1 atom stereocenters. The van der Waals surface area contributed by atoms with Gasteiger partial charge in [-0.2, -0.15) is 0 Å². The van der Waals surface area contributed by atoms with Gasteiger partial charge in [0.15, 0.2) is 5.60 Å². The number of hydrogen-bond donors (Lipinski definition) is 2. The normalized spacial score (nSPS) is 20.3. The molecule has 1 unspecified atom stereocenters. The first kappa shape index (κ1) is 14.7. The number of phenols is 1. The molecule has 2 nitrogen and oxygen atoms in total. The van der Waals surface area contributed by atoms with Gasteiger partial charge in [0.25, 0.3) is 0 Å². The quantitative estimate of drug-likeness (QED) is 0.784. The second kappa shape index (κ2) is 5.19. The van der Waals surface area contributed by atoms with Crippen LogP contribution in [0.5, 0.6) is 5.75 Å². The Bertz CT molecular complexity index is 760. The Kier molecular flexibility index (Phi) is 3.47. The molecule has 0 heterocycles. The molecule has 0 radical (unpaired) electrons. The second-order valence-electron chi connectivity index (χ2n) is 6.19. The van der Waals surface area contributed by atoms with Crippen LogP contribution in [0, 0.1) is 26.2 Å². The van der Waals surface area contributed by atoms with Gasteiger partial charge in [0.2, 0.25) is 0 Å². The van der Waals surface area contributed by atoms with Crippen LogP contribution in [-0.2, 0) is 12.0 Å². The largest absolute Gasteiger partial charge is 0.507 e. The summed E-state index contributed by atoms with van der Waals surface area (Å²) in [5.74, 6) is 2.89. The van der Waals surface area contributed by atoms with Crippen molar-refractivity contribution in [1.29, 1.82) is 0 Å². The van der Waals surface area contributed by atoms with Crippen molar-refractivity contribution in [2.75, 3.05) is 0 Å². The van der Waals surface area contributed by atoms with Crippen LogP contribution in [0.1, 0.15) is 35.1 Å². The van der Waals surface area contributed by atoms with Gasteiger partial charge in [0.1, 0.15) is 5.75 Å². The molecule has 2 aromatic carbocycles. The SMILES string of the molecule is C#CC1(O)CCCc2cc(-c3cc(C)c(O)c(C)c3)ccc21. The van der Waals surface area contributed by atoms with Crippen LogP contribution in [0.15, 0.2) is 30.3 Å². The molecular formula is C20H20O2. The lowest BCUT2D eigenvalue weighted by molar-refractivity contribution is 0.0807. The molecule has 112 valence electrons. The number of hydrogen-bond acceptors (Lipinski definition) is 2. The van der Waals surface area contributed by atoms with Crippen molar-refractivity contribution in [3.63, 3.8) is 0 Å². The first-order chi connectivity index (χ1) is 10.4. The highest BCUT2D eigenvalue weighted by Gasteiger charge is 2.32. The molecule has 0 bridgehead atoms. The van der Waals surface area contributed by atoms with E-state index in [1.807, 2.05) is 38.1 Å². The van der Waals surface area contributed by atoms with Crippen LogP contribution in [0.3, 0.4) is 0 Å². The molecule has 0 aliphatic heterocycles. The van der Waals surface area contributed by atoms with E-state index >= 15 is 0 Å². The number of fused-ring (bicyclic) bond motifs is 1. The van der Waals surface area contributed by atoms with Gasteiger partial charge >= 0.3 is 0 Å². The summed E-state index contributed by atoms with van der Waals surface area (Å²) in [4.78, 5) is 0. The zero-order chi connectivity index (χ0) is 15.9. The van der Waals surface area contributed by atoms with E-state index in [9.17, 15) is 10.2 Å². The van der Waals surface area contributed by atoms with Crippen molar-refractivity contribution in [2.24, 2.45) is 0 Å². The number of benzene rings is 2. The molecule has 0 saturated carbocycles. The maximum absolute atomic E-state index is 10.5. The van der Waals surface area contributed by atoms with Crippen molar-refractivity contribution >= 4 is 0 Å². The molecule has 0 amide bonds. The maximum atomic E-state index is 10.5. The molecule has 2 aromatic rings. The van der Waals surface area contributed by atoms with Gasteiger partial charge in [-0.1, -0.05) is 24.1 Å². The second-order valence-corrected chi connectivity index (χ2v) is 6.19. The first-order valence-corrected chi connectivity index (χ1v) is 7.59. The number of phenolic OH excluding ortho intramolecular Hbond substituents is 1. The van der Waals surface area contributed by atoms with Crippen LogP contribution >= 0.6 is 0 Å². The molecule has 1 aliphatic rings. The Balaban J connectivity index is 2.11. The Morgan fingerprint density at radius 3 is 2.41 bits per heavy atom. The van der Waals surface area contributed by atoms with Crippen molar-refractivity contribution in [3.8, 4) is 29.2 Å². The summed E-state index contributed by atoms with van der Waals surface area (Å²) in [5.41, 5.74) is 4.74. The van der Waals surface area contributed by atoms with E-state index in [1.165, 1.54) is 0 Å². The van der Waals surface area contributed by atoms with E-state index < -0.39 is 5.60 Å². The zero-order valence-electron chi connectivity index (χ0n) is 13.0. The third-order valence-electron chi connectivity index (χ3n) is 4.60. The van der Waals surface area contributed by atoms with Crippen LogP contribution < -0.4 is 0 Å². The Morgan fingerprint density at radius 1 is 1.09 bits per heavy atom. The summed E-state index contributed by atoms with van der Waals surface area (Å²) in [6.07, 6.45) is 7.98. The fraction of sp³-hybridized carbons (Fsp3) is 0.300. The summed E-state index contributed by atoms with van der Waals surface area (Å²) in [5, 5.41) is 20.5. The molecule has 2 heteroatoms. The lowest BCUT2D eigenvalue weighted by atomic mass is 9.78. The lowest BCUT2D eigenvalue weighted by Crippen LogP contribution is -2.28. The smallest absolute Gasteiger partial charge is 0.150 e. The summed E-state index contributed by atoms with van der Waals surface area (Å²) >= 11 is 0. The van der Waals surface area contributed by atoms with Crippen molar-refractivity contribution in [3.05, 3.63) is 52.6 Å². The lowest BCUT2D eigenvalue weighted by Gasteiger charge is -2.30. The van der Waals surface area contributed by atoms with Gasteiger partial charge in [-0.25, -0.2) is 0 Å². The molecule has 3 rings (SSSR count). The Labute approximate surface area is 131 Å². The average Bonchev–Trinajstić information content (AvgIpc) is 2.52. The van der Waals surface area contributed by atoms with Gasteiger partial charge in [0, 0.05) is 0 Å². The Morgan fingerprint density at radius 2 is 1.77 bits per heavy atom. The summed E-state index contributed by atoms with van der Waals surface area (Å²) < 4.78 is 0. The van der Waals surface area contributed by atoms with E-state index in [-0.39, 0.29) is 0 Å². The van der Waals surface area contributed by atoms with Crippen LogP contribution in [0.2, 0.25) is 0 Å². The average molecular weight is 292 g/mol. The predicted molar refractivity (Wildman–Crippen MR) is 88.7 cm³/mol. The van der Waals surface area contributed by atoms with Crippen LogP contribution in [0.25, 0.3) is 11.1 Å². The highest BCUT2D eigenvalue weighted by Crippen LogP contribution is 2.37. The molecule has 1 aliphatic carbocycles. The zero-order valence-corrected chi connectivity index (χ0v) is 13.0. The molecule has 2 N–H and O–H groups in total. The molecule has 22 heavy (non-hydrogen) atoms. The summed E-state index contributed by atoms with van der Waals surface area (Å²) in [7, 11) is 0. The van der Waals surface area contributed by atoms with Crippen LogP contribution in [0.4, 0.5) is 0 Å². The molecule has 0 fully saturated rings. The van der Waals surface area contributed by atoms with Crippen molar-refractivity contribution < 1.29 is 10.2 Å². The van der Waals surface area contributed by atoms with E-state index in [1.54, 1.807) is 0 Å². The molecule has 0 aromatic heterocycles. The summed E-state index contributed by atoms with van der Waals surface area (Å²) in [6.45, 7) is 3.81. The van der Waals surface area contributed by atoms with E-state index in [0.717, 1.165) is 46.2 Å². The van der Waals surface area contributed by atoms with E-state index in [2.05, 4.69) is 12.0 Å². The van der Waals surface area contributed by atoms with Crippen molar-refractivity contribution in [1.82, 2.24) is 0 Å². The maximum Gasteiger partial charge on any atom is 0.150 e. The minimum absolute atomic E-state index is 0.350. The van der Waals surface area contributed by atoms with Gasteiger partial charge in [0.05, 0.1) is 0 Å². The standard InChI is InChI=1S/C20H20O2/c1-4-20(22)9-5-6-16-12-15(7-8-18(16)20)17-10-13(2)19(21)14(3)11-17/h1,7-8,10-12,21-22H,5-6,9H2,2-3H3. The van der Waals surface area contributed by atoms with Crippen LogP contribution in [-0.4, -0.2) is 10.2 Å². The topological polar surface area (TPSA) is 40.5 Å². The highest BCUT2D eigenvalue weighted by atomic mass is 16.3. The van der Waals surface area contributed by atoms with Gasteiger partial charge in [-0.3, -0.25) is 0 Å². The molecular weight excluding hydrogens is 272 g/mol. The van der Waals surface area contributed by atoms with Gasteiger partial charge in [-0.05, 0) is 78.6 Å². The third kappa shape index (κ3) is 2.28. The number of aliphatic hydroxyl groups is 1. The summed E-state index contributed by atoms with van der Waals surface area (Å²) in [6, 6.07) is 10.0. The molecule has 0 spiro atoms. The minimum atomic E-state index is -1.13. The third-order valence-corrected chi connectivity index (χ3v) is 4.60. The monoisotopic (exact) mass is 292 g/mol. The number of aromatic hydroxyl groups is 1. The highest BCUT2D eigenvalue weighted by molar-refractivity contribution is 5.69. The predicted octanol–water partition coefficient (Wildman–Crippen LogP) is 3.83. The van der Waals surface area contributed by atoms with E-state index in [0.29, 0.717) is 12.2 Å². The van der Waals surface area contributed by atoms with Gasteiger partial charge in [-0.15, -0.1) is 6.42 Å². The first-order valence-electron chi connectivity index (χ1n) is 7.59. The fourth-order valence-corrected chi connectivity index (χ4v) is 3.33. The molecule has 0 saturated heterocycles. The minimum Gasteiger partial charge on any atom is -0.507 e. The fourth-order valence-electron chi connectivity index (χ4n) is 3.33. The van der Waals surface area contributed by atoms with E-state index in [4.69, 9.17) is 6.42 Å². The number of aryl methyl sites for hydroxylation is 3. The van der Waals surface area contributed by atoms with Crippen molar-refractivity contribution in [2.45, 2.75) is 38.7 Å². The Hall–Kier alpha value is -2.24.